The van der Waals surface area contributed by atoms with E-state index in [-0.39, 0.29) is 5.69 Å². The van der Waals surface area contributed by atoms with E-state index in [1.165, 1.54) is 17.8 Å². The van der Waals surface area contributed by atoms with Crippen molar-refractivity contribution in [3.63, 3.8) is 0 Å². The zero-order chi connectivity index (χ0) is 13.1. The van der Waals surface area contributed by atoms with Crippen molar-refractivity contribution < 1.29 is 14.4 Å². The fourth-order valence-corrected chi connectivity index (χ4v) is 2.59. The minimum Gasteiger partial charge on any atom is -0.476 e. The maximum atomic E-state index is 10.6. The SMILES string of the molecule is O=C(O)c1cc(CSc2cc(Cl)ccc2Cl)on1. The van der Waals surface area contributed by atoms with E-state index in [2.05, 4.69) is 5.16 Å². The molecule has 0 spiro atoms. The summed E-state index contributed by atoms with van der Waals surface area (Å²) in [7, 11) is 0. The molecule has 0 fully saturated rings. The summed E-state index contributed by atoms with van der Waals surface area (Å²) < 4.78 is 4.89. The highest BCUT2D eigenvalue weighted by Gasteiger charge is 2.11. The van der Waals surface area contributed by atoms with Gasteiger partial charge in [0, 0.05) is 16.0 Å². The van der Waals surface area contributed by atoms with Crippen LogP contribution in [0.1, 0.15) is 16.2 Å². The van der Waals surface area contributed by atoms with Gasteiger partial charge in [0.1, 0.15) is 5.76 Å². The van der Waals surface area contributed by atoms with Crippen LogP contribution in [0.2, 0.25) is 10.0 Å². The molecule has 0 unspecified atom stereocenters. The molecule has 94 valence electrons. The summed E-state index contributed by atoms with van der Waals surface area (Å²) in [5, 5.41) is 13.3. The third kappa shape index (κ3) is 3.19. The molecule has 2 aromatic rings. The monoisotopic (exact) mass is 303 g/mol. The summed E-state index contributed by atoms with van der Waals surface area (Å²) in [5.74, 6) is -0.218. The van der Waals surface area contributed by atoms with Gasteiger partial charge in [-0.1, -0.05) is 28.4 Å². The quantitative estimate of drug-likeness (QED) is 0.866. The Balaban J connectivity index is 2.06. The molecule has 4 nitrogen and oxygen atoms in total. The van der Waals surface area contributed by atoms with Gasteiger partial charge < -0.3 is 9.63 Å². The highest BCUT2D eigenvalue weighted by atomic mass is 35.5. The predicted molar refractivity (Wildman–Crippen MR) is 69.5 cm³/mol. The van der Waals surface area contributed by atoms with E-state index in [9.17, 15) is 4.79 Å². The molecule has 1 heterocycles. The molecule has 1 N–H and O–H groups in total. The first kappa shape index (κ1) is 13.3. The molecule has 2 rings (SSSR count). The Morgan fingerprint density at radius 3 is 2.83 bits per heavy atom. The molecule has 0 aliphatic heterocycles. The second kappa shape index (κ2) is 5.65. The van der Waals surface area contributed by atoms with Crippen molar-refractivity contribution in [2.24, 2.45) is 0 Å². The van der Waals surface area contributed by atoms with Crippen LogP contribution in [0.3, 0.4) is 0 Å². The maximum absolute atomic E-state index is 10.6. The zero-order valence-corrected chi connectivity index (χ0v) is 11.2. The van der Waals surface area contributed by atoms with Crippen LogP contribution >= 0.6 is 35.0 Å². The van der Waals surface area contributed by atoms with Crippen molar-refractivity contribution in [2.75, 3.05) is 0 Å². The van der Waals surface area contributed by atoms with Crippen LogP contribution in [0.5, 0.6) is 0 Å². The van der Waals surface area contributed by atoms with Crippen LogP contribution < -0.4 is 0 Å². The number of benzene rings is 1. The van der Waals surface area contributed by atoms with Crippen molar-refractivity contribution in [1.29, 1.82) is 0 Å². The molecular weight excluding hydrogens is 297 g/mol. The van der Waals surface area contributed by atoms with E-state index in [1.54, 1.807) is 18.2 Å². The van der Waals surface area contributed by atoms with Crippen LogP contribution in [-0.4, -0.2) is 16.2 Å². The van der Waals surface area contributed by atoms with E-state index in [0.717, 1.165) is 4.90 Å². The predicted octanol–water partition coefficient (Wildman–Crippen LogP) is 3.97. The number of halogens is 2. The average molecular weight is 304 g/mol. The number of aromatic carboxylic acids is 1. The van der Waals surface area contributed by atoms with Crippen LogP contribution in [0.4, 0.5) is 0 Å². The van der Waals surface area contributed by atoms with E-state index >= 15 is 0 Å². The number of aromatic nitrogens is 1. The van der Waals surface area contributed by atoms with Gasteiger partial charge in [-0.15, -0.1) is 11.8 Å². The van der Waals surface area contributed by atoms with Gasteiger partial charge in [-0.2, -0.15) is 0 Å². The van der Waals surface area contributed by atoms with Crippen molar-refractivity contribution in [3.05, 3.63) is 45.8 Å². The molecule has 1 aromatic heterocycles. The van der Waals surface area contributed by atoms with Crippen LogP contribution in [0, 0.1) is 0 Å². The molecule has 0 atom stereocenters. The van der Waals surface area contributed by atoms with Crippen LogP contribution in [-0.2, 0) is 5.75 Å². The zero-order valence-electron chi connectivity index (χ0n) is 8.89. The topological polar surface area (TPSA) is 63.3 Å². The Morgan fingerprint density at radius 2 is 2.17 bits per heavy atom. The molecule has 18 heavy (non-hydrogen) atoms. The fraction of sp³-hybridized carbons (Fsp3) is 0.0909. The van der Waals surface area contributed by atoms with E-state index < -0.39 is 5.97 Å². The van der Waals surface area contributed by atoms with E-state index in [4.69, 9.17) is 32.8 Å². The number of thioether (sulfide) groups is 1. The standard InChI is InChI=1S/C11H7Cl2NO3S/c12-6-1-2-8(13)10(3-6)18-5-7-4-9(11(15)16)14-17-7/h1-4H,5H2,(H,15,16). The number of nitrogens with zero attached hydrogens (tertiary/aromatic N) is 1. The fourth-order valence-electron chi connectivity index (χ4n) is 1.22. The highest BCUT2D eigenvalue weighted by Crippen LogP contribution is 2.32. The Kier molecular flexibility index (Phi) is 4.16. The summed E-state index contributed by atoms with van der Waals surface area (Å²) in [6.07, 6.45) is 0. The first-order valence-corrected chi connectivity index (χ1v) is 6.57. The first-order valence-electron chi connectivity index (χ1n) is 4.83. The Hall–Kier alpha value is -1.17. The minimum atomic E-state index is -1.12. The van der Waals surface area contributed by atoms with E-state index in [1.807, 2.05) is 0 Å². The second-order valence-corrected chi connectivity index (χ2v) is 5.21. The largest absolute Gasteiger partial charge is 0.476 e. The minimum absolute atomic E-state index is 0.109. The normalized spacial score (nSPS) is 10.6. The molecule has 0 bridgehead atoms. The van der Waals surface area contributed by atoms with Gasteiger partial charge in [0.05, 0.1) is 10.8 Å². The molecule has 0 saturated heterocycles. The van der Waals surface area contributed by atoms with E-state index in [0.29, 0.717) is 21.6 Å². The molecule has 0 aliphatic carbocycles. The van der Waals surface area contributed by atoms with Gasteiger partial charge >= 0.3 is 5.97 Å². The first-order chi connectivity index (χ1) is 8.56. The number of hydrogen-bond acceptors (Lipinski definition) is 4. The lowest BCUT2D eigenvalue weighted by molar-refractivity contribution is 0.0685. The van der Waals surface area contributed by atoms with Gasteiger partial charge in [0.25, 0.3) is 0 Å². The maximum Gasteiger partial charge on any atom is 0.358 e. The summed E-state index contributed by atoms with van der Waals surface area (Å²) >= 11 is 13.3. The summed E-state index contributed by atoms with van der Waals surface area (Å²) in [5.41, 5.74) is -0.109. The third-order valence-corrected chi connectivity index (χ3v) is 3.80. The van der Waals surface area contributed by atoms with Crippen LogP contribution in [0.25, 0.3) is 0 Å². The Bertz CT molecular complexity index is 585. The molecule has 1 aromatic carbocycles. The smallest absolute Gasteiger partial charge is 0.358 e. The summed E-state index contributed by atoms with van der Waals surface area (Å²) in [4.78, 5) is 11.4. The Morgan fingerprint density at radius 1 is 1.39 bits per heavy atom. The number of rotatable bonds is 4. The van der Waals surface area contributed by atoms with Gasteiger partial charge in [-0.25, -0.2) is 4.79 Å². The molecule has 7 heteroatoms. The number of carbonyl (C=O) groups is 1. The lowest BCUT2D eigenvalue weighted by Crippen LogP contribution is -1.94. The number of carboxylic acids is 1. The van der Waals surface area contributed by atoms with Crippen LogP contribution in [0.15, 0.2) is 33.7 Å². The Labute approximate surface area is 117 Å². The highest BCUT2D eigenvalue weighted by molar-refractivity contribution is 7.98. The van der Waals surface area contributed by atoms with Crippen molar-refractivity contribution in [2.45, 2.75) is 10.6 Å². The van der Waals surface area contributed by atoms with Gasteiger partial charge in [0.2, 0.25) is 0 Å². The number of carboxylic acid groups (broad SMARTS) is 1. The van der Waals surface area contributed by atoms with Gasteiger partial charge in [-0.3, -0.25) is 0 Å². The van der Waals surface area contributed by atoms with Gasteiger partial charge in [-0.05, 0) is 18.2 Å². The molecule has 0 saturated carbocycles. The lowest BCUT2D eigenvalue weighted by atomic mass is 10.4. The molecular formula is C11H7Cl2NO3S. The van der Waals surface area contributed by atoms with Crippen molar-refractivity contribution >= 4 is 40.9 Å². The molecule has 0 radical (unpaired) electrons. The van der Waals surface area contributed by atoms with Crippen molar-refractivity contribution in [3.8, 4) is 0 Å². The average Bonchev–Trinajstić information content (AvgIpc) is 2.79. The molecule has 0 amide bonds. The molecule has 0 aliphatic rings. The lowest BCUT2D eigenvalue weighted by Gasteiger charge is -2.02. The van der Waals surface area contributed by atoms with Crippen molar-refractivity contribution in [1.82, 2.24) is 5.16 Å². The second-order valence-electron chi connectivity index (χ2n) is 3.35. The third-order valence-electron chi connectivity index (χ3n) is 2.04. The summed E-state index contributed by atoms with van der Waals surface area (Å²) in [6.45, 7) is 0. The summed E-state index contributed by atoms with van der Waals surface area (Å²) in [6, 6.07) is 6.52. The number of hydrogen-bond donors (Lipinski definition) is 1. The van der Waals surface area contributed by atoms with Gasteiger partial charge in [0.15, 0.2) is 5.69 Å².